The summed E-state index contributed by atoms with van der Waals surface area (Å²) >= 11 is 0. The highest BCUT2D eigenvalue weighted by Crippen LogP contribution is 2.30. The third-order valence-corrected chi connectivity index (χ3v) is 6.50. The molecule has 1 atom stereocenters. The Morgan fingerprint density at radius 2 is 1.97 bits per heavy atom. The molecule has 2 aromatic rings. The molecule has 1 saturated carbocycles. The van der Waals surface area contributed by atoms with Crippen molar-refractivity contribution in [1.82, 2.24) is 15.2 Å². The van der Waals surface area contributed by atoms with Crippen LogP contribution in [0.2, 0.25) is 0 Å². The van der Waals surface area contributed by atoms with Gasteiger partial charge in [-0.25, -0.2) is 0 Å². The van der Waals surface area contributed by atoms with Crippen LogP contribution in [0.1, 0.15) is 37.7 Å². The SMILES string of the molecule is CNC(=O)[C@@]1(Cc2cccc(-c3cccnc3)c2)CN(C(=O)C2CCCCC2)CCO1. The molecule has 1 aromatic heterocycles. The third kappa shape index (κ3) is 4.79. The second-order valence-corrected chi connectivity index (χ2v) is 8.64. The minimum Gasteiger partial charge on any atom is -0.361 e. The first-order valence-corrected chi connectivity index (χ1v) is 11.3. The van der Waals surface area contributed by atoms with E-state index in [0.717, 1.165) is 42.4 Å². The van der Waals surface area contributed by atoms with Gasteiger partial charge in [-0.3, -0.25) is 14.6 Å². The van der Waals surface area contributed by atoms with Crippen LogP contribution < -0.4 is 5.32 Å². The number of nitrogens with one attached hydrogen (secondary N) is 1. The Kier molecular flexibility index (Phi) is 6.66. The number of hydrogen-bond donors (Lipinski definition) is 1. The van der Waals surface area contributed by atoms with Gasteiger partial charge in [-0.1, -0.05) is 49.6 Å². The predicted octanol–water partition coefficient (Wildman–Crippen LogP) is 3.22. The highest BCUT2D eigenvalue weighted by atomic mass is 16.5. The van der Waals surface area contributed by atoms with E-state index in [1.807, 2.05) is 41.4 Å². The van der Waals surface area contributed by atoms with E-state index in [9.17, 15) is 9.59 Å². The molecule has 31 heavy (non-hydrogen) atoms. The lowest BCUT2D eigenvalue weighted by atomic mass is 9.86. The van der Waals surface area contributed by atoms with Crippen LogP contribution in [0.3, 0.4) is 0 Å². The van der Waals surface area contributed by atoms with Crippen LogP contribution in [0.15, 0.2) is 48.8 Å². The molecule has 0 radical (unpaired) electrons. The van der Waals surface area contributed by atoms with E-state index in [0.29, 0.717) is 26.1 Å². The number of aromatic nitrogens is 1. The highest BCUT2D eigenvalue weighted by Gasteiger charge is 2.45. The topological polar surface area (TPSA) is 71.5 Å². The second kappa shape index (κ2) is 9.60. The Morgan fingerprint density at radius 3 is 2.71 bits per heavy atom. The van der Waals surface area contributed by atoms with E-state index in [2.05, 4.69) is 16.4 Å². The maximum Gasteiger partial charge on any atom is 0.254 e. The average molecular weight is 422 g/mol. The highest BCUT2D eigenvalue weighted by molar-refractivity contribution is 5.87. The molecule has 1 N–H and O–H groups in total. The van der Waals surface area contributed by atoms with Gasteiger partial charge in [-0.05, 0) is 35.6 Å². The van der Waals surface area contributed by atoms with E-state index in [1.165, 1.54) is 6.42 Å². The van der Waals surface area contributed by atoms with Gasteiger partial charge in [-0.2, -0.15) is 0 Å². The minimum absolute atomic E-state index is 0.0862. The van der Waals surface area contributed by atoms with Gasteiger partial charge in [0, 0.05) is 38.3 Å². The summed E-state index contributed by atoms with van der Waals surface area (Å²) in [4.78, 5) is 32.2. The third-order valence-electron chi connectivity index (χ3n) is 6.50. The van der Waals surface area contributed by atoms with Crippen LogP contribution in [0.25, 0.3) is 11.1 Å². The Hall–Kier alpha value is -2.73. The maximum atomic E-state index is 13.2. The molecule has 1 aliphatic heterocycles. The van der Waals surface area contributed by atoms with Crippen LogP contribution in [-0.2, 0) is 20.7 Å². The van der Waals surface area contributed by atoms with Crippen molar-refractivity contribution in [1.29, 1.82) is 0 Å². The number of rotatable bonds is 5. The fraction of sp³-hybridized carbons (Fsp3) is 0.480. The van der Waals surface area contributed by atoms with E-state index in [1.54, 1.807) is 13.2 Å². The van der Waals surface area contributed by atoms with Crippen molar-refractivity contribution in [3.8, 4) is 11.1 Å². The van der Waals surface area contributed by atoms with Crippen molar-refractivity contribution in [2.45, 2.75) is 44.1 Å². The van der Waals surface area contributed by atoms with Crippen LogP contribution >= 0.6 is 0 Å². The number of ether oxygens (including phenoxy) is 1. The molecular formula is C25H31N3O3. The van der Waals surface area contributed by atoms with Gasteiger partial charge in [0.1, 0.15) is 0 Å². The lowest BCUT2D eigenvalue weighted by Crippen LogP contribution is -2.62. The van der Waals surface area contributed by atoms with Gasteiger partial charge in [0.15, 0.2) is 5.60 Å². The molecule has 0 unspecified atom stereocenters. The average Bonchev–Trinajstić information content (AvgIpc) is 2.84. The first kappa shape index (κ1) is 21.5. The Labute approximate surface area is 184 Å². The molecule has 4 rings (SSSR count). The number of carbonyl (C=O) groups excluding carboxylic acids is 2. The molecule has 0 bridgehead atoms. The lowest BCUT2D eigenvalue weighted by Gasteiger charge is -2.42. The first-order valence-electron chi connectivity index (χ1n) is 11.3. The van der Waals surface area contributed by atoms with Gasteiger partial charge < -0.3 is 15.0 Å². The fourth-order valence-electron chi connectivity index (χ4n) is 4.86. The van der Waals surface area contributed by atoms with Crippen molar-refractivity contribution in [2.75, 3.05) is 26.7 Å². The van der Waals surface area contributed by atoms with E-state index >= 15 is 0 Å². The summed E-state index contributed by atoms with van der Waals surface area (Å²) in [6.07, 6.45) is 9.34. The molecule has 1 aliphatic carbocycles. The number of nitrogens with zero attached hydrogens (tertiary/aromatic N) is 2. The Morgan fingerprint density at radius 1 is 1.16 bits per heavy atom. The zero-order valence-electron chi connectivity index (χ0n) is 18.2. The molecule has 2 aliphatic rings. The normalized spacial score (nSPS) is 22.2. The number of benzene rings is 1. The summed E-state index contributed by atoms with van der Waals surface area (Å²) in [7, 11) is 1.63. The molecular weight excluding hydrogens is 390 g/mol. The zero-order valence-corrected chi connectivity index (χ0v) is 18.2. The summed E-state index contributed by atoms with van der Waals surface area (Å²) in [6, 6.07) is 12.0. The van der Waals surface area contributed by atoms with Crippen molar-refractivity contribution >= 4 is 11.8 Å². The molecule has 0 spiro atoms. The van der Waals surface area contributed by atoms with Gasteiger partial charge in [0.2, 0.25) is 5.91 Å². The summed E-state index contributed by atoms with van der Waals surface area (Å²) in [5.74, 6) is 0.0870. The Bertz CT molecular complexity index is 911. The summed E-state index contributed by atoms with van der Waals surface area (Å²) in [5, 5.41) is 2.77. The fourth-order valence-corrected chi connectivity index (χ4v) is 4.86. The van der Waals surface area contributed by atoms with Crippen LogP contribution in [0.4, 0.5) is 0 Å². The van der Waals surface area contributed by atoms with Crippen LogP contribution in [0, 0.1) is 5.92 Å². The van der Waals surface area contributed by atoms with Crippen molar-refractivity contribution in [3.63, 3.8) is 0 Å². The van der Waals surface area contributed by atoms with E-state index in [4.69, 9.17) is 4.74 Å². The van der Waals surface area contributed by atoms with Gasteiger partial charge >= 0.3 is 0 Å². The minimum atomic E-state index is -1.08. The molecule has 2 fully saturated rings. The molecule has 1 aromatic carbocycles. The van der Waals surface area contributed by atoms with Gasteiger partial charge in [0.05, 0.1) is 13.2 Å². The van der Waals surface area contributed by atoms with Gasteiger partial charge in [0.25, 0.3) is 5.91 Å². The second-order valence-electron chi connectivity index (χ2n) is 8.64. The smallest absolute Gasteiger partial charge is 0.254 e. The number of likely N-dealkylation sites (N-methyl/N-ethyl adjacent to an activating group) is 1. The van der Waals surface area contributed by atoms with Gasteiger partial charge in [-0.15, -0.1) is 0 Å². The number of amides is 2. The van der Waals surface area contributed by atoms with Crippen molar-refractivity contribution < 1.29 is 14.3 Å². The summed E-state index contributed by atoms with van der Waals surface area (Å²) < 4.78 is 6.12. The number of morpholine rings is 1. The number of hydrogen-bond acceptors (Lipinski definition) is 4. The maximum absolute atomic E-state index is 13.2. The zero-order chi connectivity index (χ0) is 21.7. The van der Waals surface area contributed by atoms with E-state index < -0.39 is 5.60 Å². The quantitative estimate of drug-likeness (QED) is 0.805. The molecule has 1 saturated heterocycles. The monoisotopic (exact) mass is 421 g/mol. The molecule has 164 valence electrons. The molecule has 6 nitrogen and oxygen atoms in total. The Balaban J connectivity index is 1.57. The number of carbonyl (C=O) groups is 2. The largest absolute Gasteiger partial charge is 0.361 e. The van der Waals surface area contributed by atoms with Crippen molar-refractivity contribution in [2.24, 2.45) is 5.92 Å². The predicted molar refractivity (Wildman–Crippen MR) is 119 cm³/mol. The van der Waals surface area contributed by atoms with E-state index in [-0.39, 0.29) is 17.7 Å². The van der Waals surface area contributed by atoms with Crippen molar-refractivity contribution in [3.05, 3.63) is 54.4 Å². The molecule has 2 heterocycles. The molecule has 2 amide bonds. The van der Waals surface area contributed by atoms with Crippen LogP contribution in [-0.4, -0.2) is 54.0 Å². The summed E-state index contributed by atoms with van der Waals surface area (Å²) in [6.45, 7) is 1.21. The molecule has 6 heteroatoms. The first-order chi connectivity index (χ1) is 15.1. The van der Waals surface area contributed by atoms with Crippen LogP contribution in [0.5, 0.6) is 0 Å². The standard InChI is InChI=1S/C25H31N3O3/c1-26-24(30)25(16-19-7-5-10-21(15-19)22-11-6-12-27-17-22)18-28(13-14-31-25)23(29)20-8-3-2-4-9-20/h5-7,10-12,15,17,20H,2-4,8-9,13-14,16,18H2,1H3,(H,26,30)/t25-/m1/s1. The summed E-state index contributed by atoms with van der Waals surface area (Å²) in [5.41, 5.74) is 1.99. The lowest BCUT2D eigenvalue weighted by molar-refractivity contribution is -0.167. The number of pyridine rings is 1.